The average molecular weight is 276 g/mol. The topological polar surface area (TPSA) is 47.1 Å². The molecule has 20 heavy (non-hydrogen) atoms. The summed E-state index contributed by atoms with van der Waals surface area (Å²) >= 11 is 0. The van der Waals surface area contributed by atoms with Gasteiger partial charge in [0.2, 0.25) is 0 Å². The van der Waals surface area contributed by atoms with Gasteiger partial charge in [0.05, 0.1) is 11.4 Å². The first kappa shape index (κ1) is 13.8. The van der Waals surface area contributed by atoms with E-state index in [2.05, 4.69) is 23.8 Å². The van der Waals surface area contributed by atoms with Crippen molar-refractivity contribution >= 4 is 11.5 Å². The van der Waals surface area contributed by atoms with Crippen LogP contribution in [0.3, 0.4) is 0 Å². The van der Waals surface area contributed by atoms with Crippen LogP contribution in [0.1, 0.15) is 57.6 Å². The number of nitrogens with two attached hydrogens (primary N) is 1. The minimum absolute atomic E-state index is 0.391. The third kappa shape index (κ3) is 2.29. The van der Waals surface area contributed by atoms with Crippen LogP contribution in [0.4, 0.5) is 11.5 Å². The number of piperidine rings is 1. The van der Waals surface area contributed by atoms with Crippen molar-refractivity contribution in [3.8, 4) is 0 Å². The maximum atomic E-state index is 6.38. The number of nitrogen functional groups attached to an aromatic ring is 1. The Labute approximate surface area is 122 Å². The molecule has 1 aromatic heterocycles. The average Bonchev–Trinajstić information content (AvgIpc) is 2.74. The molecule has 3 rings (SSSR count). The van der Waals surface area contributed by atoms with E-state index in [9.17, 15) is 0 Å². The van der Waals surface area contributed by atoms with E-state index in [1.807, 2.05) is 11.7 Å². The highest BCUT2D eigenvalue weighted by Gasteiger charge is 2.33. The maximum absolute atomic E-state index is 6.38. The summed E-state index contributed by atoms with van der Waals surface area (Å²) in [5, 5.41) is 4.64. The second-order valence-electron chi connectivity index (χ2n) is 6.94. The first-order valence-corrected chi connectivity index (χ1v) is 8.15. The lowest BCUT2D eigenvalue weighted by atomic mass is 9.75. The molecule has 1 saturated carbocycles. The van der Waals surface area contributed by atoms with Crippen molar-refractivity contribution in [1.82, 2.24) is 9.78 Å². The Kier molecular flexibility index (Phi) is 3.65. The van der Waals surface area contributed by atoms with Gasteiger partial charge in [-0.15, -0.1) is 0 Å². The summed E-state index contributed by atoms with van der Waals surface area (Å²) in [6, 6.07) is 0. The second kappa shape index (κ2) is 5.30. The Hall–Kier alpha value is -1.19. The third-order valence-corrected chi connectivity index (χ3v) is 5.22. The first-order chi connectivity index (χ1) is 9.58. The lowest BCUT2D eigenvalue weighted by Gasteiger charge is -2.42. The Morgan fingerprint density at radius 2 is 1.85 bits per heavy atom. The molecule has 0 radical (unpaired) electrons. The summed E-state index contributed by atoms with van der Waals surface area (Å²) in [5.41, 5.74) is 8.33. The molecule has 4 heteroatoms. The molecule has 0 amide bonds. The summed E-state index contributed by atoms with van der Waals surface area (Å²) in [7, 11) is 2.03. The first-order valence-electron chi connectivity index (χ1n) is 8.15. The molecule has 2 atom stereocenters. The third-order valence-electron chi connectivity index (χ3n) is 5.22. The van der Waals surface area contributed by atoms with Gasteiger partial charge < -0.3 is 10.6 Å². The molecular weight excluding hydrogens is 248 g/mol. The quantitative estimate of drug-likeness (QED) is 0.902. The lowest BCUT2D eigenvalue weighted by Crippen LogP contribution is -2.42. The molecule has 0 aromatic carbocycles. The molecule has 1 aliphatic heterocycles. The number of nitrogens with zero attached hydrogens (tertiary/aromatic N) is 3. The van der Waals surface area contributed by atoms with Crippen molar-refractivity contribution < 1.29 is 0 Å². The fourth-order valence-electron chi connectivity index (χ4n) is 4.15. The Morgan fingerprint density at radius 3 is 2.50 bits per heavy atom. The van der Waals surface area contributed by atoms with Crippen LogP contribution in [0, 0.1) is 11.8 Å². The van der Waals surface area contributed by atoms with Gasteiger partial charge in [-0.05, 0) is 30.6 Å². The van der Waals surface area contributed by atoms with Gasteiger partial charge in [-0.3, -0.25) is 4.68 Å². The van der Waals surface area contributed by atoms with Gasteiger partial charge >= 0.3 is 0 Å². The van der Waals surface area contributed by atoms with Crippen LogP contribution in [-0.2, 0) is 7.05 Å². The highest BCUT2D eigenvalue weighted by Crippen LogP contribution is 2.39. The van der Waals surface area contributed by atoms with Gasteiger partial charge in [0.25, 0.3) is 0 Å². The molecule has 0 bridgehead atoms. The number of anilines is 2. The molecule has 1 aliphatic carbocycles. The van der Waals surface area contributed by atoms with Crippen LogP contribution in [-0.4, -0.2) is 22.9 Å². The summed E-state index contributed by atoms with van der Waals surface area (Å²) in [6.07, 6.45) is 7.01. The molecular formula is C16H28N4. The van der Waals surface area contributed by atoms with Crippen LogP contribution in [0.15, 0.2) is 0 Å². The van der Waals surface area contributed by atoms with Crippen LogP contribution in [0.2, 0.25) is 0 Å². The summed E-state index contributed by atoms with van der Waals surface area (Å²) in [4.78, 5) is 2.49. The van der Waals surface area contributed by atoms with E-state index < -0.39 is 0 Å². The van der Waals surface area contributed by atoms with Gasteiger partial charge in [-0.2, -0.15) is 5.10 Å². The Balaban J connectivity index is 1.83. The molecule has 2 aliphatic rings. The van der Waals surface area contributed by atoms with E-state index in [0.717, 1.165) is 35.6 Å². The van der Waals surface area contributed by atoms with Gasteiger partial charge in [0.15, 0.2) is 0 Å². The number of aromatic nitrogens is 2. The monoisotopic (exact) mass is 276 g/mol. The number of fused-ring (bicyclic) bond motifs is 1. The van der Waals surface area contributed by atoms with E-state index in [1.165, 1.54) is 38.6 Å². The standard InChI is InChI=1S/C16H28N4/c1-11(2)15-14(17)16(19(3)18-15)20-9-8-12-6-4-5-7-13(12)10-20/h11-13H,4-10,17H2,1-3H3. The predicted octanol–water partition coefficient (Wildman–Crippen LogP) is 3.14. The summed E-state index contributed by atoms with van der Waals surface area (Å²) < 4.78 is 1.99. The van der Waals surface area contributed by atoms with Crippen molar-refractivity contribution in [1.29, 1.82) is 0 Å². The second-order valence-corrected chi connectivity index (χ2v) is 6.94. The molecule has 2 fully saturated rings. The minimum Gasteiger partial charge on any atom is -0.394 e. The van der Waals surface area contributed by atoms with Crippen molar-refractivity contribution in [2.45, 2.75) is 51.9 Å². The van der Waals surface area contributed by atoms with Crippen molar-refractivity contribution in [3.05, 3.63) is 5.69 Å². The SMILES string of the molecule is CC(C)c1nn(C)c(N2CCC3CCCCC3C2)c1N. The lowest BCUT2D eigenvalue weighted by molar-refractivity contribution is 0.201. The zero-order valence-corrected chi connectivity index (χ0v) is 13.1. The molecule has 1 aromatic rings. The van der Waals surface area contributed by atoms with Crippen molar-refractivity contribution in [2.24, 2.45) is 18.9 Å². The van der Waals surface area contributed by atoms with Crippen LogP contribution >= 0.6 is 0 Å². The minimum atomic E-state index is 0.391. The molecule has 4 nitrogen and oxygen atoms in total. The fraction of sp³-hybridized carbons (Fsp3) is 0.812. The molecule has 2 heterocycles. The van der Waals surface area contributed by atoms with Crippen LogP contribution < -0.4 is 10.6 Å². The van der Waals surface area contributed by atoms with E-state index in [4.69, 9.17) is 5.73 Å². The highest BCUT2D eigenvalue weighted by molar-refractivity contribution is 5.67. The van der Waals surface area contributed by atoms with Gasteiger partial charge in [0, 0.05) is 20.1 Å². The van der Waals surface area contributed by atoms with Gasteiger partial charge in [0.1, 0.15) is 5.82 Å². The van der Waals surface area contributed by atoms with Gasteiger partial charge in [-0.25, -0.2) is 0 Å². The fourth-order valence-corrected chi connectivity index (χ4v) is 4.15. The molecule has 112 valence electrons. The Bertz CT molecular complexity index is 477. The number of hydrogen-bond donors (Lipinski definition) is 1. The zero-order chi connectivity index (χ0) is 14.3. The number of rotatable bonds is 2. The van der Waals surface area contributed by atoms with Gasteiger partial charge in [-0.1, -0.05) is 33.1 Å². The van der Waals surface area contributed by atoms with Crippen molar-refractivity contribution in [3.63, 3.8) is 0 Å². The predicted molar refractivity (Wildman–Crippen MR) is 84.0 cm³/mol. The van der Waals surface area contributed by atoms with E-state index in [-0.39, 0.29) is 0 Å². The summed E-state index contributed by atoms with van der Waals surface area (Å²) in [6.45, 7) is 6.64. The number of aryl methyl sites for hydroxylation is 1. The van der Waals surface area contributed by atoms with Crippen molar-refractivity contribution in [2.75, 3.05) is 23.7 Å². The van der Waals surface area contributed by atoms with Crippen LogP contribution in [0.5, 0.6) is 0 Å². The highest BCUT2D eigenvalue weighted by atomic mass is 15.4. The van der Waals surface area contributed by atoms with E-state index in [1.54, 1.807) is 0 Å². The normalized spacial score (nSPS) is 26.9. The maximum Gasteiger partial charge on any atom is 0.150 e. The molecule has 1 saturated heterocycles. The largest absolute Gasteiger partial charge is 0.394 e. The van der Waals surface area contributed by atoms with E-state index >= 15 is 0 Å². The smallest absolute Gasteiger partial charge is 0.150 e. The molecule has 2 unspecified atom stereocenters. The van der Waals surface area contributed by atoms with Crippen LogP contribution in [0.25, 0.3) is 0 Å². The molecule has 2 N–H and O–H groups in total. The van der Waals surface area contributed by atoms with E-state index in [0.29, 0.717) is 5.92 Å². The summed E-state index contributed by atoms with van der Waals surface area (Å²) in [5.74, 6) is 3.37. The zero-order valence-electron chi connectivity index (χ0n) is 13.1. The Morgan fingerprint density at radius 1 is 1.15 bits per heavy atom. The molecule has 0 spiro atoms. The number of hydrogen-bond acceptors (Lipinski definition) is 3.